The van der Waals surface area contributed by atoms with Gasteiger partial charge in [-0.1, -0.05) is 12.1 Å². The number of benzene rings is 1. The Morgan fingerprint density at radius 3 is 2.65 bits per heavy atom. The molecule has 0 radical (unpaired) electrons. The van der Waals surface area contributed by atoms with E-state index >= 15 is 0 Å². The molecule has 0 saturated carbocycles. The smallest absolute Gasteiger partial charge is 0.221 e. The van der Waals surface area contributed by atoms with Crippen LogP contribution in [-0.4, -0.2) is 62.7 Å². The zero-order valence-corrected chi connectivity index (χ0v) is 17.2. The highest BCUT2D eigenvalue weighted by molar-refractivity contribution is 5.85. The molecule has 0 aliphatic carbocycles. The van der Waals surface area contributed by atoms with Crippen LogP contribution in [-0.2, 0) is 4.79 Å². The van der Waals surface area contributed by atoms with Crippen LogP contribution in [0.1, 0.15) is 24.8 Å². The molecule has 2 saturated heterocycles. The molecule has 1 atom stereocenters. The van der Waals surface area contributed by atoms with Gasteiger partial charge >= 0.3 is 0 Å². The second-order valence-electron chi connectivity index (χ2n) is 7.03. The first-order valence-corrected chi connectivity index (χ1v) is 9.25. The highest BCUT2D eigenvalue weighted by atomic mass is 35.5. The van der Waals surface area contributed by atoms with Crippen LogP contribution in [0.25, 0.3) is 0 Å². The molecule has 26 heavy (non-hydrogen) atoms. The van der Waals surface area contributed by atoms with E-state index in [9.17, 15) is 4.79 Å². The molecular weight excluding hydrogens is 371 g/mol. The number of carbonyl (C=O) groups excluding carboxylic acids is 1. The first-order valence-electron chi connectivity index (χ1n) is 9.25. The Morgan fingerprint density at radius 2 is 2.00 bits per heavy atom. The van der Waals surface area contributed by atoms with Crippen molar-refractivity contribution in [2.24, 2.45) is 0 Å². The van der Waals surface area contributed by atoms with Gasteiger partial charge in [0.05, 0.1) is 0 Å². The molecule has 1 unspecified atom stereocenters. The summed E-state index contributed by atoms with van der Waals surface area (Å²) in [4.78, 5) is 17.0. The molecule has 0 bridgehead atoms. The Balaban J connectivity index is 0.00000169. The quantitative estimate of drug-likeness (QED) is 0.792. The Bertz CT molecular complexity index is 544. The van der Waals surface area contributed by atoms with E-state index in [1.807, 2.05) is 0 Å². The number of hydrogen-bond donors (Lipinski definition) is 2. The number of aryl methyl sites for hydroxylation is 1. The number of nitrogens with one attached hydrogen (secondary N) is 2. The molecule has 1 aromatic rings. The number of rotatable bonds is 5. The van der Waals surface area contributed by atoms with Crippen molar-refractivity contribution in [3.05, 3.63) is 29.8 Å². The third-order valence-corrected chi connectivity index (χ3v) is 5.06. The number of piperidine rings is 1. The van der Waals surface area contributed by atoms with Crippen molar-refractivity contribution in [2.45, 2.75) is 32.2 Å². The number of amides is 1. The zero-order valence-electron chi connectivity index (χ0n) is 15.6. The van der Waals surface area contributed by atoms with Gasteiger partial charge in [-0.05, 0) is 44.0 Å². The van der Waals surface area contributed by atoms with Gasteiger partial charge in [0.2, 0.25) is 5.91 Å². The topological polar surface area (TPSA) is 47.6 Å². The Labute approximate surface area is 169 Å². The standard InChI is InChI=1S/C19H30N4O.2ClH/c1-16-4-2-6-18(14-16)23-12-10-22(11-13-23)9-7-19(24)21-17-5-3-8-20-15-17;;/h2,4,6,14,17,20H,3,5,7-13,15H2,1H3,(H,21,24);2*1H. The number of hydrogen-bond acceptors (Lipinski definition) is 4. The molecule has 1 amide bonds. The summed E-state index contributed by atoms with van der Waals surface area (Å²) in [7, 11) is 0. The molecule has 2 heterocycles. The van der Waals surface area contributed by atoms with Gasteiger partial charge in [-0.2, -0.15) is 0 Å². The van der Waals surface area contributed by atoms with E-state index in [1.165, 1.54) is 11.3 Å². The third-order valence-electron chi connectivity index (χ3n) is 5.06. The van der Waals surface area contributed by atoms with Gasteiger partial charge in [0.25, 0.3) is 0 Å². The Kier molecular flexibility index (Phi) is 10.3. The molecule has 3 rings (SSSR count). The third kappa shape index (κ3) is 6.95. The van der Waals surface area contributed by atoms with E-state index in [0.29, 0.717) is 12.5 Å². The summed E-state index contributed by atoms with van der Waals surface area (Å²) in [6, 6.07) is 9.03. The number of anilines is 1. The minimum atomic E-state index is 0. The molecule has 2 aliphatic heterocycles. The lowest BCUT2D eigenvalue weighted by molar-refractivity contribution is -0.122. The summed E-state index contributed by atoms with van der Waals surface area (Å²) in [5.74, 6) is 0.199. The van der Waals surface area contributed by atoms with E-state index in [4.69, 9.17) is 0 Å². The van der Waals surface area contributed by atoms with Crippen LogP contribution in [0.4, 0.5) is 5.69 Å². The van der Waals surface area contributed by atoms with Gasteiger partial charge in [-0.3, -0.25) is 9.69 Å². The van der Waals surface area contributed by atoms with E-state index in [0.717, 1.165) is 58.7 Å². The van der Waals surface area contributed by atoms with Crippen LogP contribution in [0.3, 0.4) is 0 Å². The number of carbonyl (C=O) groups is 1. The second-order valence-corrected chi connectivity index (χ2v) is 7.03. The highest BCUT2D eigenvalue weighted by Gasteiger charge is 2.19. The van der Waals surface area contributed by atoms with E-state index < -0.39 is 0 Å². The summed E-state index contributed by atoms with van der Waals surface area (Å²) in [6.07, 6.45) is 2.88. The second kappa shape index (κ2) is 11.7. The lowest BCUT2D eigenvalue weighted by atomic mass is 10.1. The molecule has 2 N–H and O–H groups in total. The van der Waals surface area contributed by atoms with Crippen molar-refractivity contribution in [2.75, 3.05) is 50.7 Å². The van der Waals surface area contributed by atoms with Crippen molar-refractivity contribution in [3.8, 4) is 0 Å². The normalized spacial score (nSPS) is 20.7. The van der Waals surface area contributed by atoms with Gasteiger partial charge in [0.1, 0.15) is 0 Å². The molecule has 7 heteroatoms. The predicted molar refractivity (Wildman–Crippen MR) is 113 cm³/mol. The molecule has 0 aromatic heterocycles. The summed E-state index contributed by atoms with van der Waals surface area (Å²) in [5.41, 5.74) is 2.63. The van der Waals surface area contributed by atoms with E-state index in [2.05, 4.69) is 51.6 Å². The lowest BCUT2D eigenvalue weighted by Gasteiger charge is -2.36. The van der Waals surface area contributed by atoms with Crippen LogP contribution >= 0.6 is 24.8 Å². The fourth-order valence-corrected chi connectivity index (χ4v) is 3.59. The average molecular weight is 403 g/mol. The van der Waals surface area contributed by atoms with Crippen LogP contribution in [0.5, 0.6) is 0 Å². The molecular formula is C19H32Cl2N4O. The lowest BCUT2D eigenvalue weighted by Crippen LogP contribution is -2.48. The molecule has 2 fully saturated rings. The predicted octanol–water partition coefficient (Wildman–Crippen LogP) is 2.22. The fourth-order valence-electron chi connectivity index (χ4n) is 3.59. The van der Waals surface area contributed by atoms with Crippen molar-refractivity contribution in [3.63, 3.8) is 0 Å². The minimum absolute atomic E-state index is 0. The maximum Gasteiger partial charge on any atom is 0.221 e. The van der Waals surface area contributed by atoms with Crippen LogP contribution in [0.2, 0.25) is 0 Å². The molecule has 0 spiro atoms. The summed E-state index contributed by atoms with van der Waals surface area (Å²) in [5, 5.41) is 6.50. The fraction of sp³-hybridized carbons (Fsp3) is 0.632. The maximum absolute atomic E-state index is 12.1. The zero-order chi connectivity index (χ0) is 16.8. The van der Waals surface area contributed by atoms with Crippen molar-refractivity contribution >= 4 is 36.4 Å². The molecule has 148 valence electrons. The molecule has 5 nitrogen and oxygen atoms in total. The Morgan fingerprint density at radius 1 is 1.23 bits per heavy atom. The van der Waals surface area contributed by atoms with Crippen molar-refractivity contribution in [1.29, 1.82) is 0 Å². The van der Waals surface area contributed by atoms with Gasteiger partial charge in [-0.25, -0.2) is 0 Å². The van der Waals surface area contributed by atoms with E-state index in [1.54, 1.807) is 0 Å². The monoisotopic (exact) mass is 402 g/mol. The minimum Gasteiger partial charge on any atom is -0.369 e. The summed E-state index contributed by atoms with van der Waals surface area (Å²) >= 11 is 0. The number of halogens is 2. The molecule has 2 aliphatic rings. The van der Waals surface area contributed by atoms with Crippen LogP contribution in [0, 0.1) is 6.92 Å². The van der Waals surface area contributed by atoms with Crippen molar-refractivity contribution in [1.82, 2.24) is 15.5 Å². The van der Waals surface area contributed by atoms with Crippen molar-refractivity contribution < 1.29 is 4.79 Å². The largest absolute Gasteiger partial charge is 0.369 e. The first kappa shape index (κ1) is 23.0. The average Bonchev–Trinajstić information content (AvgIpc) is 2.61. The number of nitrogens with zero attached hydrogens (tertiary/aromatic N) is 2. The van der Waals surface area contributed by atoms with Gasteiger partial charge in [0, 0.05) is 57.4 Å². The number of piperazine rings is 1. The van der Waals surface area contributed by atoms with Gasteiger partial charge in [0.15, 0.2) is 0 Å². The van der Waals surface area contributed by atoms with Gasteiger partial charge < -0.3 is 15.5 Å². The van der Waals surface area contributed by atoms with Crippen LogP contribution < -0.4 is 15.5 Å². The highest BCUT2D eigenvalue weighted by Crippen LogP contribution is 2.17. The first-order chi connectivity index (χ1) is 11.7. The summed E-state index contributed by atoms with van der Waals surface area (Å²) in [6.45, 7) is 9.15. The molecule has 1 aromatic carbocycles. The van der Waals surface area contributed by atoms with Gasteiger partial charge in [-0.15, -0.1) is 24.8 Å². The Hall–Kier alpha value is -1.01. The van der Waals surface area contributed by atoms with Crippen LogP contribution in [0.15, 0.2) is 24.3 Å². The van der Waals surface area contributed by atoms with E-state index in [-0.39, 0.29) is 30.7 Å². The SMILES string of the molecule is Cc1cccc(N2CCN(CCC(=O)NC3CCCNC3)CC2)c1.Cl.Cl. The summed E-state index contributed by atoms with van der Waals surface area (Å²) < 4.78 is 0. The maximum atomic E-state index is 12.1.